The molecule has 1 aliphatic carbocycles. The Bertz CT molecular complexity index is 3580. The molecular weight excluding hydrogens is 1300 g/mol. The Morgan fingerprint density at radius 2 is 1.32 bits per heavy atom. The van der Waals surface area contributed by atoms with Crippen molar-refractivity contribution in [1.82, 2.24) is 35.9 Å². The Hall–Kier alpha value is -8.60. The highest BCUT2D eigenvalue weighted by Crippen LogP contribution is 2.46. The number of halogens is 1. The number of carbonyl (C=O) groups excluding carboxylic acids is 9. The number of imide groups is 1. The first kappa shape index (κ1) is 76.2. The van der Waals surface area contributed by atoms with Gasteiger partial charge in [-0.3, -0.25) is 28.8 Å². The van der Waals surface area contributed by atoms with E-state index in [-0.39, 0.29) is 128 Å². The van der Waals surface area contributed by atoms with Gasteiger partial charge in [0.05, 0.1) is 147 Å². The van der Waals surface area contributed by atoms with E-state index in [1.165, 1.54) is 10.6 Å². The van der Waals surface area contributed by atoms with E-state index in [2.05, 4.69) is 26.6 Å². The highest BCUT2D eigenvalue weighted by molar-refractivity contribution is 6.02. The highest BCUT2D eigenvalue weighted by atomic mass is 19.1. The van der Waals surface area contributed by atoms with Gasteiger partial charge >= 0.3 is 24.1 Å². The number of alkyl carbamates (subject to hydrolysis) is 1. The van der Waals surface area contributed by atoms with Crippen molar-refractivity contribution >= 4 is 70.2 Å². The summed E-state index contributed by atoms with van der Waals surface area (Å²) in [5.74, 6) is -5.17. The Morgan fingerprint density at radius 3 is 1.89 bits per heavy atom. The number of pyridine rings is 2. The number of hydroxylamine groups is 2. The second kappa shape index (κ2) is 37.6. The predicted molar refractivity (Wildman–Crippen MR) is 347 cm³/mol. The van der Waals surface area contributed by atoms with Crippen LogP contribution in [0.1, 0.15) is 117 Å². The number of primary amides is 1. The van der Waals surface area contributed by atoms with Crippen LogP contribution >= 0.6 is 0 Å². The first-order valence-corrected chi connectivity index (χ1v) is 33.1. The lowest BCUT2D eigenvalue weighted by atomic mass is 9.81. The third-order valence-electron chi connectivity index (χ3n) is 16.9. The summed E-state index contributed by atoms with van der Waals surface area (Å²) >= 11 is 0. The molecule has 99 heavy (non-hydrogen) atoms. The number of cyclic esters (lactones) is 1. The Balaban J connectivity index is 0.686. The molecule has 0 saturated carbocycles. The van der Waals surface area contributed by atoms with Crippen molar-refractivity contribution in [3.63, 3.8) is 0 Å². The third kappa shape index (κ3) is 21.0. The van der Waals surface area contributed by atoms with Gasteiger partial charge in [-0.1, -0.05) is 32.9 Å². The molecule has 8 rings (SSSR count). The van der Waals surface area contributed by atoms with Crippen molar-refractivity contribution in [2.24, 2.45) is 11.7 Å². The second-order valence-corrected chi connectivity index (χ2v) is 24.0. The lowest BCUT2D eigenvalue weighted by molar-refractivity contribution is -0.198. The minimum absolute atomic E-state index is 0.0295. The predicted octanol–water partition coefficient (Wildman–Crippen LogP) is 2.97. The Morgan fingerprint density at radius 1 is 0.747 bits per heavy atom. The minimum atomic E-state index is -2.05. The molecule has 0 radical (unpaired) electrons. The fraction of sp³-hybridized carbons (Fsp3) is 0.567. The molecule has 0 unspecified atom stereocenters. The van der Waals surface area contributed by atoms with Gasteiger partial charge in [-0.15, -0.1) is 5.06 Å². The number of carbonyl (C=O) groups is 9. The van der Waals surface area contributed by atoms with Crippen molar-refractivity contribution in [3.05, 3.63) is 91.5 Å². The first-order chi connectivity index (χ1) is 47.7. The molecule has 8 amide bonds. The van der Waals surface area contributed by atoms with Crippen LogP contribution in [0.5, 0.6) is 0 Å². The number of esters is 1. The number of nitrogens with zero attached hydrogens (tertiary/aromatic N) is 3. The van der Waals surface area contributed by atoms with Gasteiger partial charge in [0.15, 0.2) is 5.60 Å². The Labute approximate surface area is 570 Å². The molecule has 4 atom stereocenters. The van der Waals surface area contributed by atoms with E-state index >= 15 is 4.39 Å². The van der Waals surface area contributed by atoms with E-state index in [1.807, 2.05) is 0 Å². The summed E-state index contributed by atoms with van der Waals surface area (Å²) in [5, 5.41) is 26.3. The van der Waals surface area contributed by atoms with E-state index < -0.39 is 88.7 Å². The van der Waals surface area contributed by atoms with Gasteiger partial charge in [-0.2, -0.15) is 0 Å². The van der Waals surface area contributed by atoms with Crippen LogP contribution in [0.25, 0.3) is 22.3 Å². The number of urea groups is 1. The number of ether oxygens (including phenoxy) is 10. The summed E-state index contributed by atoms with van der Waals surface area (Å²) in [6, 6.07) is 5.81. The van der Waals surface area contributed by atoms with Crippen molar-refractivity contribution < 1.29 is 105 Å². The number of hydrogen-bond donors (Lipinski definition) is 7. The summed E-state index contributed by atoms with van der Waals surface area (Å²) in [6.45, 7) is 11.1. The number of amides is 8. The lowest BCUT2D eigenvalue weighted by Gasteiger charge is -2.31. The van der Waals surface area contributed by atoms with Crippen LogP contribution in [0.2, 0.25) is 0 Å². The number of nitrogens with one attached hydrogen (secondary N) is 5. The smallest absolute Gasteiger partial charge is 0.407 e. The molecule has 2 aromatic heterocycles. The van der Waals surface area contributed by atoms with E-state index in [4.69, 9.17) is 62.9 Å². The second-order valence-electron chi connectivity index (χ2n) is 24.0. The molecule has 5 heterocycles. The molecule has 540 valence electrons. The zero-order valence-electron chi connectivity index (χ0n) is 56.1. The van der Waals surface area contributed by atoms with Gasteiger partial charge in [-0.25, -0.2) is 28.6 Å². The Kier molecular flexibility index (Phi) is 28.9. The molecule has 0 spiro atoms. The average Bonchev–Trinajstić information content (AvgIpc) is 1.61. The normalized spacial score (nSPS) is 16.6. The van der Waals surface area contributed by atoms with Gasteiger partial charge in [0.25, 0.3) is 17.4 Å². The number of aromatic nitrogens is 2. The molecule has 8 N–H and O–H groups in total. The molecule has 2 aromatic carbocycles. The molecule has 1 fully saturated rings. The van der Waals surface area contributed by atoms with Crippen LogP contribution in [0.4, 0.5) is 19.7 Å². The van der Waals surface area contributed by atoms with Gasteiger partial charge in [0, 0.05) is 54.1 Å². The molecule has 4 aliphatic rings. The molecule has 31 nitrogen and oxygen atoms in total. The number of anilines is 1. The zero-order chi connectivity index (χ0) is 71.0. The number of hydrogen-bond acceptors (Lipinski definition) is 23. The average molecular weight is 1390 g/mol. The summed E-state index contributed by atoms with van der Waals surface area (Å²) in [6.07, 6.45) is 0.183. The zero-order valence-corrected chi connectivity index (χ0v) is 56.1. The van der Waals surface area contributed by atoms with Gasteiger partial charge in [0.1, 0.15) is 31.1 Å². The largest absolute Gasteiger partial charge is 0.458 e. The molecule has 1 saturated heterocycles. The van der Waals surface area contributed by atoms with Gasteiger partial charge < -0.3 is 94.2 Å². The van der Waals surface area contributed by atoms with Crippen LogP contribution in [0.3, 0.4) is 0 Å². The van der Waals surface area contributed by atoms with Crippen molar-refractivity contribution in [2.75, 3.05) is 118 Å². The van der Waals surface area contributed by atoms with Crippen LogP contribution in [-0.2, 0) is 118 Å². The number of rotatable bonds is 42. The van der Waals surface area contributed by atoms with E-state index in [0.29, 0.717) is 134 Å². The first-order valence-electron chi connectivity index (χ1n) is 33.1. The van der Waals surface area contributed by atoms with E-state index in [1.54, 1.807) is 58.0 Å². The fourth-order valence-corrected chi connectivity index (χ4v) is 11.5. The quantitative estimate of drug-likeness (QED) is 0.0168. The number of aliphatic hydroxyl groups is 1. The standard InChI is InChI=1S/C67H88FN9O22/c1-5-67(88)47-35-52-60-45(37-76(52)63(84)46(47)39-97-64(67)85)58-49(13-12-44-41(4)48(68)36-51(72-60)57(44)58)74-66(87)98-38-42-8-10-43(11-9-42)71-61(82)50(7-6-18-70-65(69)86)73-62(83)59(40(2)3)75-53(78)16-19-89-21-23-91-25-27-93-29-31-95-33-34-96-32-30-94-28-26-92-24-22-90-20-17-56(81)99-77-54(79)14-15-55(77)80/h8-11,35-36,40,49-50,59,88H,5-7,12-34,37-39H2,1-4H3,(H,71,82)(H,73,83)(H,74,87)(H,75,78)(H3,69,70,86)/t49-,50-,59-,67-/m0/s1. The van der Waals surface area contributed by atoms with E-state index in [0.717, 1.165) is 5.56 Å². The highest BCUT2D eigenvalue weighted by Gasteiger charge is 2.46. The molecule has 0 bridgehead atoms. The maximum Gasteiger partial charge on any atom is 0.407 e. The third-order valence-corrected chi connectivity index (χ3v) is 16.9. The fourth-order valence-electron chi connectivity index (χ4n) is 11.5. The van der Waals surface area contributed by atoms with Crippen LogP contribution < -0.4 is 37.9 Å². The maximum atomic E-state index is 15.5. The van der Waals surface area contributed by atoms with Crippen LogP contribution in [0.15, 0.2) is 41.2 Å². The number of fused-ring (bicyclic) bond motifs is 5. The number of aryl methyl sites for hydroxylation is 1. The van der Waals surface area contributed by atoms with Crippen molar-refractivity contribution in [1.29, 1.82) is 0 Å². The maximum absolute atomic E-state index is 15.5. The van der Waals surface area contributed by atoms with Gasteiger partial charge in [0.2, 0.25) is 17.7 Å². The molecule has 32 heteroatoms. The summed E-state index contributed by atoms with van der Waals surface area (Å²) in [4.78, 5) is 137. The summed E-state index contributed by atoms with van der Waals surface area (Å²) in [5.41, 5.74) is 7.38. The number of benzene rings is 2. The molecule has 3 aliphatic heterocycles. The monoisotopic (exact) mass is 1390 g/mol. The molecule has 4 aromatic rings. The summed E-state index contributed by atoms with van der Waals surface area (Å²) in [7, 11) is 0. The molecular formula is C67H88FN9O22. The summed E-state index contributed by atoms with van der Waals surface area (Å²) < 4.78 is 71.7. The topological polar surface area (TPSA) is 400 Å². The number of nitrogens with two attached hydrogens (primary N) is 1. The van der Waals surface area contributed by atoms with Crippen LogP contribution in [-0.4, -0.2) is 198 Å². The van der Waals surface area contributed by atoms with Crippen molar-refractivity contribution in [3.8, 4) is 11.4 Å². The van der Waals surface area contributed by atoms with Gasteiger partial charge in [-0.05, 0) is 85.4 Å². The minimum Gasteiger partial charge on any atom is -0.458 e. The lowest BCUT2D eigenvalue weighted by Crippen LogP contribution is -2.54. The van der Waals surface area contributed by atoms with Crippen molar-refractivity contribution in [2.45, 2.75) is 129 Å². The van der Waals surface area contributed by atoms with E-state index in [9.17, 15) is 53.1 Å². The van der Waals surface area contributed by atoms with Crippen LogP contribution in [0, 0.1) is 18.7 Å². The SMILES string of the molecule is CC[C@@]1(O)C(=O)OCc2c1cc1n(c2=O)Cc2c-1nc1cc(F)c(C)c3c1c2[C@@H](NC(=O)OCc1ccc(NC(=O)[C@H](CCCNC(N)=O)NC(=O)[C@@H](NC(=O)CCOCCOCCOCCOCCOCCOCCOCCOCCC(=O)ON2C(=O)CCC2=O)C(C)C)cc1)CC3.